The molecule has 3 heteroatoms. The van der Waals surface area contributed by atoms with Gasteiger partial charge in [0, 0.05) is 6.42 Å². The van der Waals surface area contributed by atoms with Crippen LogP contribution in [0.25, 0.3) is 0 Å². The molecule has 0 fully saturated rings. The Morgan fingerprint density at radius 3 is 1.50 bits per heavy atom. The third-order valence-corrected chi connectivity index (χ3v) is 6.39. The van der Waals surface area contributed by atoms with Crippen LogP contribution in [0.15, 0.2) is 24.3 Å². The zero-order chi connectivity index (χ0) is 23.1. The van der Waals surface area contributed by atoms with E-state index < -0.39 is 0 Å². The van der Waals surface area contributed by atoms with Gasteiger partial charge in [-0.3, -0.25) is 4.79 Å². The van der Waals surface area contributed by atoms with Gasteiger partial charge in [0.2, 0.25) is 5.91 Å². The predicted octanol–water partition coefficient (Wildman–Crippen LogP) is 9.46. The van der Waals surface area contributed by atoms with Crippen LogP contribution in [-0.4, -0.2) is 13.0 Å². The van der Waals surface area contributed by atoms with Gasteiger partial charge in [0.05, 0.1) is 12.8 Å². The molecule has 0 saturated carbocycles. The van der Waals surface area contributed by atoms with Gasteiger partial charge in [-0.15, -0.1) is 0 Å². The van der Waals surface area contributed by atoms with Gasteiger partial charge in [0.15, 0.2) is 0 Å². The van der Waals surface area contributed by atoms with Crippen molar-refractivity contribution in [3.63, 3.8) is 0 Å². The molecule has 0 radical (unpaired) electrons. The smallest absolute Gasteiger partial charge is 0.224 e. The maximum atomic E-state index is 12.1. The quantitative estimate of drug-likeness (QED) is 0.180. The van der Waals surface area contributed by atoms with E-state index >= 15 is 0 Å². The molecule has 0 unspecified atom stereocenters. The van der Waals surface area contributed by atoms with Crippen LogP contribution in [0.2, 0.25) is 0 Å². The molecule has 1 N–H and O–H groups in total. The second kappa shape index (κ2) is 21.3. The molecule has 0 aliphatic rings. The molecule has 3 nitrogen and oxygen atoms in total. The Morgan fingerprint density at radius 2 is 1.06 bits per heavy atom. The molecular weight excluding hydrogens is 394 g/mol. The number of amides is 1. The number of hydrogen-bond donors (Lipinski definition) is 1. The molecule has 0 spiro atoms. The Bertz CT molecular complexity index is 558. The van der Waals surface area contributed by atoms with Crippen LogP contribution in [-0.2, 0) is 4.79 Å². The summed E-state index contributed by atoms with van der Waals surface area (Å²) in [7, 11) is 1.63. The van der Waals surface area contributed by atoms with Crippen molar-refractivity contribution in [1.82, 2.24) is 0 Å². The van der Waals surface area contributed by atoms with E-state index in [2.05, 4.69) is 12.2 Å². The van der Waals surface area contributed by atoms with Gasteiger partial charge in [0.1, 0.15) is 5.75 Å². The highest BCUT2D eigenvalue weighted by molar-refractivity contribution is 5.92. The molecule has 0 saturated heterocycles. The zero-order valence-electron chi connectivity index (χ0n) is 21.3. The summed E-state index contributed by atoms with van der Waals surface area (Å²) < 4.78 is 5.28. The first-order valence-electron chi connectivity index (χ1n) is 13.7. The van der Waals surface area contributed by atoms with E-state index in [9.17, 15) is 4.79 Å². The van der Waals surface area contributed by atoms with Gasteiger partial charge in [-0.25, -0.2) is 0 Å². The molecule has 0 aliphatic heterocycles. The second-order valence-electron chi connectivity index (χ2n) is 9.36. The number of carbonyl (C=O) groups is 1. The van der Waals surface area contributed by atoms with Gasteiger partial charge >= 0.3 is 0 Å². The highest BCUT2D eigenvalue weighted by Crippen LogP contribution is 2.23. The molecule has 1 rings (SSSR count). The lowest BCUT2D eigenvalue weighted by Gasteiger charge is -2.09. The summed E-state index contributed by atoms with van der Waals surface area (Å²) in [6, 6.07) is 7.57. The van der Waals surface area contributed by atoms with Crippen LogP contribution in [0.5, 0.6) is 5.75 Å². The van der Waals surface area contributed by atoms with Gasteiger partial charge in [0.25, 0.3) is 0 Å². The molecule has 1 aromatic rings. The minimum absolute atomic E-state index is 0.0847. The standard InChI is InChI=1S/C29H51NO2/c1-3-4-5-6-7-8-9-10-11-12-13-14-15-16-17-18-19-20-21-26-29(31)30-27-24-22-23-25-28(27)32-2/h22-25H,3-21,26H2,1-2H3,(H,30,31). The van der Waals surface area contributed by atoms with Gasteiger partial charge in [-0.1, -0.05) is 135 Å². The Morgan fingerprint density at radius 1 is 0.656 bits per heavy atom. The van der Waals surface area contributed by atoms with Crippen LogP contribution < -0.4 is 10.1 Å². The van der Waals surface area contributed by atoms with Crippen LogP contribution in [0, 0.1) is 0 Å². The minimum atomic E-state index is 0.0847. The van der Waals surface area contributed by atoms with Crippen molar-refractivity contribution in [2.24, 2.45) is 0 Å². The van der Waals surface area contributed by atoms with Gasteiger partial charge in [-0.05, 0) is 18.6 Å². The number of benzene rings is 1. The van der Waals surface area contributed by atoms with E-state index in [1.54, 1.807) is 7.11 Å². The first-order valence-corrected chi connectivity index (χ1v) is 13.7. The fourth-order valence-corrected chi connectivity index (χ4v) is 4.32. The van der Waals surface area contributed by atoms with E-state index in [0.717, 1.165) is 18.5 Å². The number of carbonyl (C=O) groups excluding carboxylic acids is 1. The predicted molar refractivity (Wildman–Crippen MR) is 140 cm³/mol. The maximum absolute atomic E-state index is 12.1. The Kier molecular flexibility index (Phi) is 19.0. The van der Waals surface area contributed by atoms with E-state index in [1.807, 2.05) is 24.3 Å². The van der Waals surface area contributed by atoms with E-state index in [1.165, 1.54) is 109 Å². The van der Waals surface area contributed by atoms with Crippen molar-refractivity contribution in [2.45, 2.75) is 135 Å². The number of ether oxygens (including phenoxy) is 1. The normalized spacial score (nSPS) is 10.9. The molecule has 0 aromatic heterocycles. The van der Waals surface area contributed by atoms with Crippen molar-refractivity contribution < 1.29 is 9.53 Å². The lowest BCUT2D eigenvalue weighted by Crippen LogP contribution is -2.11. The Labute approximate surface area is 199 Å². The lowest BCUT2D eigenvalue weighted by atomic mass is 10.0. The second-order valence-corrected chi connectivity index (χ2v) is 9.36. The van der Waals surface area contributed by atoms with E-state index in [4.69, 9.17) is 4.74 Å². The molecule has 0 atom stereocenters. The van der Waals surface area contributed by atoms with E-state index in [-0.39, 0.29) is 5.91 Å². The summed E-state index contributed by atoms with van der Waals surface area (Å²) in [6.45, 7) is 2.29. The monoisotopic (exact) mass is 445 g/mol. The van der Waals surface area contributed by atoms with Crippen LogP contribution in [0.4, 0.5) is 5.69 Å². The zero-order valence-corrected chi connectivity index (χ0v) is 21.3. The molecule has 32 heavy (non-hydrogen) atoms. The largest absolute Gasteiger partial charge is 0.495 e. The molecule has 0 bridgehead atoms. The first-order chi connectivity index (χ1) is 15.8. The average Bonchev–Trinajstić information content (AvgIpc) is 2.81. The number of hydrogen-bond acceptors (Lipinski definition) is 2. The molecule has 184 valence electrons. The summed E-state index contributed by atoms with van der Waals surface area (Å²) in [5.41, 5.74) is 0.762. The third-order valence-electron chi connectivity index (χ3n) is 6.39. The highest BCUT2D eigenvalue weighted by Gasteiger charge is 2.06. The Balaban J connectivity index is 1.79. The number of para-hydroxylation sites is 2. The number of nitrogens with one attached hydrogen (secondary N) is 1. The Hall–Kier alpha value is -1.51. The van der Waals surface area contributed by atoms with Crippen molar-refractivity contribution in [1.29, 1.82) is 0 Å². The van der Waals surface area contributed by atoms with Crippen molar-refractivity contribution in [3.8, 4) is 5.75 Å². The molecule has 0 aliphatic carbocycles. The third kappa shape index (κ3) is 16.2. The summed E-state index contributed by atoms with van der Waals surface area (Å²) in [5, 5.41) is 2.96. The van der Waals surface area contributed by atoms with Crippen molar-refractivity contribution in [3.05, 3.63) is 24.3 Å². The maximum Gasteiger partial charge on any atom is 0.224 e. The summed E-state index contributed by atoms with van der Waals surface area (Å²) in [4.78, 5) is 12.1. The van der Waals surface area contributed by atoms with Crippen LogP contribution in [0.3, 0.4) is 0 Å². The molecule has 1 aromatic carbocycles. The van der Waals surface area contributed by atoms with Gasteiger partial charge in [-0.2, -0.15) is 0 Å². The summed E-state index contributed by atoms with van der Waals surface area (Å²) >= 11 is 0. The topological polar surface area (TPSA) is 38.3 Å². The fraction of sp³-hybridized carbons (Fsp3) is 0.759. The summed E-state index contributed by atoms with van der Waals surface area (Å²) in [5.74, 6) is 0.801. The highest BCUT2D eigenvalue weighted by atomic mass is 16.5. The molecular formula is C29H51NO2. The summed E-state index contributed by atoms with van der Waals surface area (Å²) in [6.07, 6.45) is 26.6. The number of rotatable bonds is 22. The average molecular weight is 446 g/mol. The van der Waals surface area contributed by atoms with Crippen LogP contribution >= 0.6 is 0 Å². The lowest BCUT2D eigenvalue weighted by molar-refractivity contribution is -0.116. The van der Waals surface area contributed by atoms with Gasteiger partial charge < -0.3 is 10.1 Å². The van der Waals surface area contributed by atoms with Crippen LogP contribution in [0.1, 0.15) is 135 Å². The number of unbranched alkanes of at least 4 members (excludes halogenated alkanes) is 18. The van der Waals surface area contributed by atoms with E-state index in [0.29, 0.717) is 12.2 Å². The minimum Gasteiger partial charge on any atom is -0.495 e. The fourth-order valence-electron chi connectivity index (χ4n) is 4.32. The molecule has 0 heterocycles. The SMILES string of the molecule is CCCCCCCCCCCCCCCCCCCCCC(=O)Nc1ccccc1OC. The number of anilines is 1. The van der Waals surface area contributed by atoms with Crippen molar-refractivity contribution >= 4 is 11.6 Å². The first kappa shape index (κ1) is 28.5. The molecule has 1 amide bonds. The van der Waals surface area contributed by atoms with Crippen molar-refractivity contribution in [2.75, 3.05) is 12.4 Å². The number of methoxy groups -OCH3 is 1.